The Hall–Kier alpha value is -0.910. The third kappa shape index (κ3) is 6.50. The highest BCUT2D eigenvalue weighted by Crippen LogP contribution is 2.21. The van der Waals surface area contributed by atoms with Gasteiger partial charge < -0.3 is 15.3 Å². The zero-order valence-electron chi connectivity index (χ0n) is 12.4. The molecule has 116 valence electrons. The first-order chi connectivity index (χ1) is 9.52. The van der Waals surface area contributed by atoms with Gasteiger partial charge in [-0.15, -0.1) is 0 Å². The van der Waals surface area contributed by atoms with Crippen molar-refractivity contribution < 1.29 is 14.7 Å². The molecule has 1 atom stereocenters. The van der Waals surface area contributed by atoms with E-state index in [1.807, 2.05) is 4.90 Å². The van der Waals surface area contributed by atoms with Crippen LogP contribution in [0.2, 0.25) is 0 Å². The van der Waals surface area contributed by atoms with Crippen molar-refractivity contribution in [1.29, 1.82) is 0 Å². The number of thioether (sulfide) groups is 1. The number of nitrogens with one attached hydrogen (secondary N) is 1. The molecule has 0 aliphatic carbocycles. The summed E-state index contributed by atoms with van der Waals surface area (Å²) in [7, 11) is 0. The molecule has 6 heteroatoms. The second-order valence-electron chi connectivity index (χ2n) is 5.61. The summed E-state index contributed by atoms with van der Waals surface area (Å²) in [6.45, 7) is 4.34. The maximum atomic E-state index is 12.0. The highest BCUT2D eigenvalue weighted by molar-refractivity contribution is 7.98. The highest BCUT2D eigenvalue weighted by atomic mass is 32.2. The number of urea groups is 1. The first kappa shape index (κ1) is 17.1. The van der Waals surface area contributed by atoms with Gasteiger partial charge in [-0.2, -0.15) is 11.8 Å². The van der Waals surface area contributed by atoms with Crippen molar-refractivity contribution in [3.63, 3.8) is 0 Å². The molecule has 2 N–H and O–H groups in total. The molecule has 0 aromatic heterocycles. The molecule has 0 aromatic rings. The molecular weight excluding hydrogens is 276 g/mol. The molecule has 2 amide bonds. The van der Waals surface area contributed by atoms with Gasteiger partial charge in [0.25, 0.3) is 0 Å². The number of nitrogens with zero attached hydrogens (tertiary/aromatic N) is 1. The minimum Gasteiger partial charge on any atom is -0.481 e. The van der Waals surface area contributed by atoms with E-state index in [0.717, 1.165) is 44.6 Å². The topological polar surface area (TPSA) is 69.6 Å². The van der Waals surface area contributed by atoms with Crippen molar-refractivity contribution in [2.75, 3.05) is 31.6 Å². The standard InChI is InChI=1S/C14H26N2O3S/c1-11(10-20-2)9-15-14(19)16-7-5-12(6-8-16)3-4-13(17)18/h11-12H,3-10H2,1-2H3,(H,15,19)(H,17,18). The third-order valence-corrected chi connectivity index (χ3v) is 4.62. The summed E-state index contributed by atoms with van der Waals surface area (Å²) in [4.78, 5) is 24.4. The monoisotopic (exact) mass is 302 g/mol. The molecule has 1 fully saturated rings. The molecule has 1 aliphatic heterocycles. The zero-order valence-corrected chi connectivity index (χ0v) is 13.2. The van der Waals surface area contributed by atoms with E-state index in [1.54, 1.807) is 11.8 Å². The Morgan fingerprint density at radius 1 is 1.40 bits per heavy atom. The average Bonchev–Trinajstić information content (AvgIpc) is 2.43. The maximum absolute atomic E-state index is 12.0. The van der Waals surface area contributed by atoms with Gasteiger partial charge in [-0.1, -0.05) is 6.92 Å². The summed E-state index contributed by atoms with van der Waals surface area (Å²) in [5.74, 6) is 1.26. The lowest BCUT2D eigenvalue weighted by molar-refractivity contribution is -0.137. The van der Waals surface area contributed by atoms with Crippen LogP contribution in [-0.2, 0) is 4.79 Å². The van der Waals surface area contributed by atoms with Crippen LogP contribution in [0.25, 0.3) is 0 Å². The Balaban J connectivity index is 2.20. The van der Waals surface area contributed by atoms with E-state index in [0.29, 0.717) is 11.8 Å². The Morgan fingerprint density at radius 3 is 2.60 bits per heavy atom. The van der Waals surface area contributed by atoms with E-state index in [9.17, 15) is 9.59 Å². The minimum atomic E-state index is -0.729. The number of aliphatic carboxylic acids is 1. The fourth-order valence-corrected chi connectivity index (χ4v) is 3.16. The SMILES string of the molecule is CSCC(C)CNC(=O)N1CCC(CCC(=O)O)CC1. The molecular formula is C14H26N2O3S. The van der Waals surface area contributed by atoms with Crippen molar-refractivity contribution >= 4 is 23.8 Å². The fraction of sp³-hybridized carbons (Fsp3) is 0.857. The summed E-state index contributed by atoms with van der Waals surface area (Å²) >= 11 is 1.79. The number of rotatable bonds is 7. The number of likely N-dealkylation sites (tertiary alicyclic amines) is 1. The fourth-order valence-electron chi connectivity index (χ4n) is 2.47. The summed E-state index contributed by atoms with van der Waals surface area (Å²) < 4.78 is 0. The Labute approximate surface area is 125 Å². The molecule has 0 spiro atoms. The van der Waals surface area contributed by atoms with E-state index in [-0.39, 0.29) is 12.5 Å². The van der Waals surface area contributed by atoms with Crippen LogP contribution in [0.4, 0.5) is 4.79 Å². The molecule has 1 saturated heterocycles. The second kappa shape index (κ2) is 9.10. The van der Waals surface area contributed by atoms with Crippen molar-refractivity contribution in [1.82, 2.24) is 10.2 Å². The van der Waals surface area contributed by atoms with Crippen LogP contribution in [0, 0.1) is 11.8 Å². The molecule has 0 radical (unpaired) electrons. The molecule has 5 nitrogen and oxygen atoms in total. The lowest BCUT2D eigenvalue weighted by Gasteiger charge is -2.32. The molecule has 20 heavy (non-hydrogen) atoms. The van der Waals surface area contributed by atoms with Gasteiger partial charge in [0, 0.05) is 26.1 Å². The Morgan fingerprint density at radius 2 is 2.05 bits per heavy atom. The van der Waals surface area contributed by atoms with Crippen LogP contribution < -0.4 is 5.32 Å². The van der Waals surface area contributed by atoms with Gasteiger partial charge in [-0.25, -0.2) is 4.79 Å². The highest BCUT2D eigenvalue weighted by Gasteiger charge is 2.23. The van der Waals surface area contributed by atoms with E-state index < -0.39 is 5.97 Å². The van der Waals surface area contributed by atoms with Gasteiger partial charge in [0.1, 0.15) is 0 Å². The van der Waals surface area contributed by atoms with E-state index in [2.05, 4.69) is 18.5 Å². The van der Waals surface area contributed by atoms with Gasteiger partial charge in [0.2, 0.25) is 0 Å². The van der Waals surface area contributed by atoms with Crippen molar-refractivity contribution in [3.05, 3.63) is 0 Å². The Bertz CT molecular complexity index is 318. The van der Waals surface area contributed by atoms with Crippen LogP contribution in [0.5, 0.6) is 0 Å². The number of carboxylic acid groups (broad SMARTS) is 1. The predicted molar refractivity (Wildman–Crippen MR) is 82.1 cm³/mol. The Kier molecular flexibility index (Phi) is 7.80. The average molecular weight is 302 g/mol. The van der Waals surface area contributed by atoms with Gasteiger partial charge in [0.15, 0.2) is 0 Å². The second-order valence-corrected chi connectivity index (χ2v) is 6.52. The molecule has 1 unspecified atom stereocenters. The van der Waals surface area contributed by atoms with E-state index >= 15 is 0 Å². The predicted octanol–water partition coefficient (Wildman–Crippen LogP) is 2.27. The largest absolute Gasteiger partial charge is 0.481 e. The number of hydrogen-bond donors (Lipinski definition) is 2. The lowest BCUT2D eigenvalue weighted by atomic mass is 9.92. The number of carbonyl (C=O) groups excluding carboxylic acids is 1. The van der Waals surface area contributed by atoms with Gasteiger partial charge in [0.05, 0.1) is 0 Å². The summed E-state index contributed by atoms with van der Waals surface area (Å²) in [6, 6.07) is 0.0228. The molecule has 1 rings (SSSR count). The van der Waals surface area contributed by atoms with E-state index in [1.165, 1.54) is 0 Å². The van der Waals surface area contributed by atoms with Crippen LogP contribution in [0.15, 0.2) is 0 Å². The van der Waals surface area contributed by atoms with Crippen molar-refractivity contribution in [3.8, 4) is 0 Å². The van der Waals surface area contributed by atoms with Crippen LogP contribution in [0.1, 0.15) is 32.6 Å². The lowest BCUT2D eigenvalue weighted by Crippen LogP contribution is -2.45. The van der Waals surface area contributed by atoms with Gasteiger partial charge >= 0.3 is 12.0 Å². The van der Waals surface area contributed by atoms with Gasteiger partial charge in [-0.3, -0.25) is 4.79 Å². The van der Waals surface area contributed by atoms with Crippen LogP contribution >= 0.6 is 11.8 Å². The van der Waals surface area contributed by atoms with E-state index in [4.69, 9.17) is 5.11 Å². The van der Waals surface area contributed by atoms with Crippen molar-refractivity contribution in [2.45, 2.75) is 32.6 Å². The first-order valence-corrected chi connectivity index (χ1v) is 8.65. The molecule has 1 aliphatic rings. The minimum absolute atomic E-state index is 0.0228. The summed E-state index contributed by atoms with van der Waals surface area (Å²) in [5.41, 5.74) is 0. The molecule has 0 bridgehead atoms. The number of hydrogen-bond acceptors (Lipinski definition) is 3. The molecule has 0 aromatic carbocycles. The maximum Gasteiger partial charge on any atom is 0.317 e. The number of carboxylic acids is 1. The smallest absolute Gasteiger partial charge is 0.317 e. The van der Waals surface area contributed by atoms with Crippen LogP contribution in [-0.4, -0.2) is 53.6 Å². The normalized spacial score (nSPS) is 17.8. The number of carbonyl (C=O) groups is 2. The van der Waals surface area contributed by atoms with Crippen LogP contribution in [0.3, 0.4) is 0 Å². The quantitative estimate of drug-likeness (QED) is 0.757. The van der Waals surface area contributed by atoms with Crippen molar-refractivity contribution in [2.24, 2.45) is 11.8 Å². The van der Waals surface area contributed by atoms with Gasteiger partial charge in [-0.05, 0) is 43.1 Å². The zero-order chi connectivity index (χ0) is 15.0. The third-order valence-electron chi connectivity index (χ3n) is 3.72. The number of amides is 2. The molecule has 0 saturated carbocycles. The molecule has 1 heterocycles. The number of piperidine rings is 1. The summed E-state index contributed by atoms with van der Waals surface area (Å²) in [6.07, 6.45) is 4.88. The first-order valence-electron chi connectivity index (χ1n) is 7.26. The summed E-state index contributed by atoms with van der Waals surface area (Å²) in [5, 5.41) is 11.7.